The number of anilines is 3. The van der Waals surface area contributed by atoms with Crippen molar-refractivity contribution < 1.29 is 9.78 Å². The molecule has 3 rings (SSSR count). The first kappa shape index (κ1) is 16.9. The Labute approximate surface area is 146 Å². The molecule has 0 radical (unpaired) electrons. The Hall–Kier alpha value is -2.96. The van der Waals surface area contributed by atoms with Crippen molar-refractivity contribution in [3.63, 3.8) is 0 Å². The van der Waals surface area contributed by atoms with Crippen molar-refractivity contribution in [3.8, 4) is 11.3 Å². The zero-order valence-corrected chi connectivity index (χ0v) is 14.0. The van der Waals surface area contributed by atoms with Crippen LogP contribution >= 0.6 is 0 Å². The molecule has 0 fully saturated rings. The van der Waals surface area contributed by atoms with Crippen LogP contribution in [-0.4, -0.2) is 16.6 Å². The zero-order chi connectivity index (χ0) is 17.5. The number of hydrogen-bond acceptors (Lipinski definition) is 6. The molecular weight excluding hydrogens is 316 g/mol. The monoisotopic (exact) mass is 336 g/mol. The minimum Gasteiger partial charge on any atom is -0.368 e. The van der Waals surface area contributed by atoms with Gasteiger partial charge in [-0.25, -0.2) is 14.8 Å². The van der Waals surface area contributed by atoms with Crippen molar-refractivity contribution in [2.45, 2.75) is 13.5 Å². The highest BCUT2D eigenvalue weighted by atomic mass is 17.2. The number of aromatic nitrogens is 2. The van der Waals surface area contributed by atoms with Crippen LogP contribution < -0.4 is 11.1 Å². The van der Waals surface area contributed by atoms with E-state index in [9.17, 15) is 0 Å². The third-order valence-electron chi connectivity index (χ3n) is 3.51. The van der Waals surface area contributed by atoms with Crippen LogP contribution in [0.1, 0.15) is 12.5 Å². The predicted octanol–water partition coefficient (Wildman–Crippen LogP) is 3.94. The maximum atomic E-state index is 5.88. The fourth-order valence-electron chi connectivity index (χ4n) is 2.38. The molecular formula is C19H20N4O2. The van der Waals surface area contributed by atoms with E-state index in [0.29, 0.717) is 19.0 Å². The van der Waals surface area contributed by atoms with Gasteiger partial charge in [0.05, 0.1) is 12.3 Å². The van der Waals surface area contributed by atoms with Gasteiger partial charge >= 0.3 is 0 Å². The van der Waals surface area contributed by atoms with E-state index < -0.39 is 0 Å². The summed E-state index contributed by atoms with van der Waals surface area (Å²) in [5, 5.41) is 3.28. The Morgan fingerprint density at radius 2 is 1.72 bits per heavy atom. The van der Waals surface area contributed by atoms with Crippen molar-refractivity contribution in [3.05, 3.63) is 66.2 Å². The van der Waals surface area contributed by atoms with Gasteiger partial charge in [-0.1, -0.05) is 48.5 Å². The third-order valence-corrected chi connectivity index (χ3v) is 3.51. The summed E-state index contributed by atoms with van der Waals surface area (Å²) < 4.78 is 0. The van der Waals surface area contributed by atoms with Crippen LogP contribution in [0.25, 0.3) is 11.3 Å². The van der Waals surface area contributed by atoms with Crippen molar-refractivity contribution in [2.75, 3.05) is 17.7 Å². The first-order chi connectivity index (χ1) is 12.3. The van der Waals surface area contributed by atoms with Crippen LogP contribution in [0.5, 0.6) is 0 Å². The summed E-state index contributed by atoms with van der Waals surface area (Å²) in [7, 11) is 0. The largest absolute Gasteiger partial charge is 0.368 e. The lowest BCUT2D eigenvalue weighted by molar-refractivity contribution is -0.300. The molecule has 2 aromatic carbocycles. The molecule has 25 heavy (non-hydrogen) atoms. The standard InChI is InChI=1S/C19H20N4O2/c1-2-24-25-13-15-10-6-7-11-16(15)21-18-12-17(22-19(20)23-18)14-8-4-3-5-9-14/h3-12H,2,13H2,1H3,(H3,20,21,22,23). The number of para-hydroxylation sites is 1. The van der Waals surface area contributed by atoms with Gasteiger partial charge in [0.1, 0.15) is 12.4 Å². The number of nitrogens with one attached hydrogen (secondary N) is 1. The van der Waals surface area contributed by atoms with Crippen LogP contribution in [0.15, 0.2) is 60.7 Å². The van der Waals surface area contributed by atoms with Crippen LogP contribution in [0.4, 0.5) is 17.5 Å². The van der Waals surface area contributed by atoms with Gasteiger partial charge in [-0.05, 0) is 13.0 Å². The molecule has 0 spiro atoms. The summed E-state index contributed by atoms with van der Waals surface area (Å²) in [6.45, 7) is 2.71. The Morgan fingerprint density at radius 3 is 2.52 bits per heavy atom. The second-order valence-corrected chi connectivity index (χ2v) is 5.31. The van der Waals surface area contributed by atoms with Crippen LogP contribution in [-0.2, 0) is 16.4 Å². The Bertz CT molecular complexity index is 825. The fraction of sp³-hybridized carbons (Fsp3) is 0.158. The summed E-state index contributed by atoms with van der Waals surface area (Å²) in [4.78, 5) is 18.7. The Balaban J connectivity index is 1.85. The molecule has 3 aromatic rings. The SMILES string of the molecule is CCOOCc1ccccc1Nc1cc(-c2ccccc2)nc(N)n1. The highest BCUT2D eigenvalue weighted by Gasteiger charge is 2.08. The quantitative estimate of drug-likeness (QED) is 0.386. The van der Waals surface area contributed by atoms with Crippen LogP contribution in [0.3, 0.4) is 0 Å². The first-order valence-corrected chi connectivity index (χ1v) is 8.05. The highest BCUT2D eigenvalue weighted by molar-refractivity contribution is 5.68. The Morgan fingerprint density at radius 1 is 0.960 bits per heavy atom. The molecule has 128 valence electrons. The van der Waals surface area contributed by atoms with Crippen LogP contribution in [0, 0.1) is 0 Å². The van der Waals surface area contributed by atoms with E-state index >= 15 is 0 Å². The zero-order valence-electron chi connectivity index (χ0n) is 14.0. The lowest BCUT2D eigenvalue weighted by atomic mass is 10.1. The number of nitrogen functional groups attached to an aromatic ring is 1. The number of benzene rings is 2. The highest BCUT2D eigenvalue weighted by Crippen LogP contribution is 2.24. The Kier molecular flexibility index (Phi) is 5.56. The van der Waals surface area contributed by atoms with Crippen molar-refractivity contribution in [1.82, 2.24) is 9.97 Å². The summed E-state index contributed by atoms with van der Waals surface area (Å²) in [6, 6.07) is 19.5. The van der Waals surface area contributed by atoms with E-state index in [1.54, 1.807) is 0 Å². The fourth-order valence-corrected chi connectivity index (χ4v) is 2.38. The van der Waals surface area contributed by atoms with Crippen molar-refractivity contribution >= 4 is 17.5 Å². The molecule has 3 N–H and O–H groups in total. The molecule has 0 saturated carbocycles. The van der Waals surface area contributed by atoms with E-state index in [-0.39, 0.29) is 5.95 Å². The topological polar surface area (TPSA) is 82.3 Å². The average molecular weight is 336 g/mol. The molecule has 0 atom stereocenters. The minimum atomic E-state index is 0.215. The molecule has 0 unspecified atom stereocenters. The molecule has 0 aliphatic heterocycles. The number of hydrogen-bond donors (Lipinski definition) is 2. The molecule has 1 heterocycles. The van der Waals surface area contributed by atoms with Gasteiger partial charge in [-0.15, -0.1) is 0 Å². The normalized spacial score (nSPS) is 10.6. The van der Waals surface area contributed by atoms with Gasteiger partial charge < -0.3 is 11.1 Å². The predicted molar refractivity (Wildman–Crippen MR) is 98.0 cm³/mol. The number of nitrogens with two attached hydrogens (primary N) is 1. The average Bonchev–Trinajstić information content (AvgIpc) is 2.64. The van der Waals surface area contributed by atoms with Crippen molar-refractivity contribution in [2.24, 2.45) is 0 Å². The number of rotatable bonds is 7. The van der Waals surface area contributed by atoms with Gasteiger partial charge in [0.15, 0.2) is 0 Å². The van der Waals surface area contributed by atoms with Gasteiger partial charge in [-0.2, -0.15) is 4.98 Å². The maximum Gasteiger partial charge on any atom is 0.222 e. The summed E-state index contributed by atoms with van der Waals surface area (Å²) in [5.74, 6) is 0.835. The van der Waals surface area contributed by atoms with E-state index in [2.05, 4.69) is 15.3 Å². The van der Waals surface area contributed by atoms with E-state index in [0.717, 1.165) is 22.5 Å². The third kappa shape index (κ3) is 4.53. The van der Waals surface area contributed by atoms with E-state index in [1.165, 1.54) is 0 Å². The molecule has 6 heteroatoms. The maximum absolute atomic E-state index is 5.88. The van der Waals surface area contributed by atoms with Gasteiger partial charge in [-0.3, -0.25) is 0 Å². The molecule has 0 aliphatic rings. The lowest BCUT2D eigenvalue weighted by Crippen LogP contribution is -2.04. The van der Waals surface area contributed by atoms with Gasteiger partial charge in [0.25, 0.3) is 0 Å². The molecule has 0 amide bonds. The molecule has 0 aliphatic carbocycles. The summed E-state index contributed by atoms with van der Waals surface area (Å²) >= 11 is 0. The van der Waals surface area contributed by atoms with Crippen molar-refractivity contribution in [1.29, 1.82) is 0 Å². The van der Waals surface area contributed by atoms with Gasteiger partial charge in [0.2, 0.25) is 5.95 Å². The van der Waals surface area contributed by atoms with Gasteiger partial charge in [0, 0.05) is 22.9 Å². The van der Waals surface area contributed by atoms with Crippen LogP contribution in [0.2, 0.25) is 0 Å². The minimum absolute atomic E-state index is 0.215. The smallest absolute Gasteiger partial charge is 0.222 e. The molecule has 6 nitrogen and oxygen atoms in total. The van der Waals surface area contributed by atoms with E-state index in [4.69, 9.17) is 15.5 Å². The molecule has 1 aromatic heterocycles. The summed E-state index contributed by atoms with van der Waals surface area (Å²) in [6.07, 6.45) is 0. The lowest BCUT2D eigenvalue weighted by Gasteiger charge is -2.12. The second-order valence-electron chi connectivity index (χ2n) is 5.31. The number of nitrogens with zero attached hydrogens (tertiary/aromatic N) is 2. The second kappa shape index (κ2) is 8.23. The molecule has 0 saturated heterocycles. The molecule has 0 bridgehead atoms. The summed E-state index contributed by atoms with van der Waals surface area (Å²) in [5.41, 5.74) is 9.45. The van der Waals surface area contributed by atoms with E-state index in [1.807, 2.05) is 67.6 Å². The first-order valence-electron chi connectivity index (χ1n) is 8.05.